The van der Waals surface area contributed by atoms with E-state index in [4.69, 9.17) is 0 Å². The van der Waals surface area contributed by atoms with Crippen LogP contribution >= 0.6 is 11.8 Å². The fourth-order valence-electron chi connectivity index (χ4n) is 3.89. The number of benzene rings is 2. The van der Waals surface area contributed by atoms with Crippen LogP contribution in [0, 0.1) is 6.92 Å². The van der Waals surface area contributed by atoms with Gasteiger partial charge in [-0.1, -0.05) is 66.7 Å². The van der Waals surface area contributed by atoms with Crippen LogP contribution in [-0.2, 0) is 4.79 Å². The number of carbonyl (C=O) groups excluding carboxylic acids is 1. The number of likely N-dealkylation sites (tertiary alicyclic amines) is 1. The van der Waals surface area contributed by atoms with Gasteiger partial charge < -0.3 is 10.2 Å². The van der Waals surface area contributed by atoms with Gasteiger partial charge in [0.25, 0.3) is 0 Å². The van der Waals surface area contributed by atoms with Gasteiger partial charge in [-0.25, -0.2) is 0 Å². The van der Waals surface area contributed by atoms with Crippen molar-refractivity contribution in [3.63, 3.8) is 0 Å². The van der Waals surface area contributed by atoms with Gasteiger partial charge in [-0.2, -0.15) is 0 Å². The lowest BCUT2D eigenvalue weighted by Crippen LogP contribution is -2.38. The lowest BCUT2D eigenvalue weighted by atomic mass is 10.1. The Morgan fingerprint density at radius 2 is 1.74 bits per heavy atom. The van der Waals surface area contributed by atoms with Crippen LogP contribution < -0.4 is 5.32 Å². The van der Waals surface area contributed by atoms with Crippen LogP contribution in [0.4, 0.5) is 0 Å². The third kappa shape index (κ3) is 5.54. The van der Waals surface area contributed by atoms with E-state index in [0.717, 1.165) is 47.4 Å². The van der Waals surface area contributed by atoms with Crippen LogP contribution in [0.15, 0.2) is 59.8 Å². The van der Waals surface area contributed by atoms with Gasteiger partial charge in [0.1, 0.15) is 0 Å². The number of nitrogens with one attached hydrogen (secondary N) is 1. The molecule has 0 unspecified atom stereocenters. The smallest absolute Gasteiger partial charge is 0.230 e. The van der Waals surface area contributed by atoms with Crippen LogP contribution in [0.2, 0.25) is 0 Å². The number of rotatable bonds is 8. The van der Waals surface area contributed by atoms with Crippen LogP contribution in [0.25, 0.3) is 17.1 Å². The number of aromatic nitrogens is 3. The molecule has 0 aliphatic carbocycles. The second-order valence-electron chi connectivity index (χ2n) is 7.84. The number of amides is 1. The molecule has 31 heavy (non-hydrogen) atoms. The van der Waals surface area contributed by atoms with E-state index in [1.54, 1.807) is 0 Å². The monoisotopic (exact) mass is 435 g/mol. The van der Waals surface area contributed by atoms with Crippen molar-refractivity contribution in [2.75, 3.05) is 31.9 Å². The van der Waals surface area contributed by atoms with E-state index >= 15 is 0 Å². The summed E-state index contributed by atoms with van der Waals surface area (Å²) in [6.07, 6.45) is 3.86. The minimum atomic E-state index is 0.0302. The molecule has 1 fully saturated rings. The van der Waals surface area contributed by atoms with Gasteiger partial charge in [0.2, 0.25) is 5.91 Å². The van der Waals surface area contributed by atoms with Crippen molar-refractivity contribution in [2.24, 2.45) is 0 Å². The SMILES string of the molecule is Cc1ccccc1-n1c(SCC(=O)NCCN2CCCCC2)nnc1-c1ccccc1. The number of hydrogen-bond acceptors (Lipinski definition) is 5. The minimum absolute atomic E-state index is 0.0302. The van der Waals surface area contributed by atoms with Gasteiger partial charge in [-0.3, -0.25) is 9.36 Å². The Kier molecular flexibility index (Phi) is 7.38. The third-order valence-corrected chi connectivity index (χ3v) is 6.48. The highest BCUT2D eigenvalue weighted by atomic mass is 32.2. The zero-order chi connectivity index (χ0) is 21.5. The van der Waals surface area contributed by atoms with Gasteiger partial charge in [0.15, 0.2) is 11.0 Å². The van der Waals surface area contributed by atoms with Crippen LogP contribution in [0.5, 0.6) is 0 Å². The molecule has 0 radical (unpaired) electrons. The van der Waals surface area contributed by atoms with Crippen molar-refractivity contribution in [1.29, 1.82) is 0 Å². The molecule has 2 aromatic carbocycles. The number of hydrogen-bond donors (Lipinski definition) is 1. The average Bonchev–Trinajstić information content (AvgIpc) is 3.23. The normalized spacial score (nSPS) is 14.5. The Bertz CT molecular complexity index is 998. The molecule has 1 aliphatic rings. The summed E-state index contributed by atoms with van der Waals surface area (Å²) < 4.78 is 2.05. The van der Waals surface area contributed by atoms with Crippen molar-refractivity contribution in [3.05, 3.63) is 60.2 Å². The van der Waals surface area contributed by atoms with Gasteiger partial charge in [-0.15, -0.1) is 10.2 Å². The molecule has 3 aromatic rings. The molecule has 1 amide bonds. The highest BCUT2D eigenvalue weighted by Gasteiger charge is 2.18. The Morgan fingerprint density at radius 1 is 1.00 bits per heavy atom. The molecule has 4 rings (SSSR count). The van der Waals surface area contributed by atoms with Crippen molar-refractivity contribution in [1.82, 2.24) is 25.0 Å². The highest BCUT2D eigenvalue weighted by molar-refractivity contribution is 7.99. The van der Waals surface area contributed by atoms with E-state index in [0.29, 0.717) is 12.3 Å². The molecule has 1 N–H and O–H groups in total. The molecule has 2 heterocycles. The molecule has 0 spiro atoms. The van der Waals surface area contributed by atoms with E-state index < -0.39 is 0 Å². The first-order chi connectivity index (χ1) is 15.2. The Labute approximate surface area is 188 Å². The number of para-hydroxylation sites is 1. The van der Waals surface area contributed by atoms with E-state index in [1.807, 2.05) is 42.5 Å². The molecule has 6 nitrogen and oxygen atoms in total. The van der Waals surface area contributed by atoms with E-state index in [-0.39, 0.29) is 5.91 Å². The largest absolute Gasteiger partial charge is 0.354 e. The first kappa shape index (κ1) is 21.6. The van der Waals surface area contributed by atoms with Crippen LogP contribution in [0.3, 0.4) is 0 Å². The van der Waals surface area contributed by atoms with Crippen LogP contribution in [-0.4, -0.2) is 57.5 Å². The number of piperidine rings is 1. The third-order valence-electron chi connectivity index (χ3n) is 5.55. The molecule has 1 saturated heterocycles. The van der Waals surface area contributed by atoms with Gasteiger partial charge in [0.05, 0.1) is 11.4 Å². The number of aryl methyl sites for hydroxylation is 1. The van der Waals surface area contributed by atoms with Gasteiger partial charge in [-0.05, 0) is 44.5 Å². The first-order valence-electron chi connectivity index (χ1n) is 10.9. The topological polar surface area (TPSA) is 63.1 Å². The van der Waals surface area contributed by atoms with Gasteiger partial charge >= 0.3 is 0 Å². The minimum Gasteiger partial charge on any atom is -0.354 e. The van der Waals surface area contributed by atoms with Crippen molar-refractivity contribution >= 4 is 17.7 Å². The predicted molar refractivity (Wildman–Crippen MR) is 126 cm³/mol. The molecule has 0 atom stereocenters. The lowest BCUT2D eigenvalue weighted by Gasteiger charge is -2.26. The standard InChI is InChI=1S/C24H29N5OS/c1-19-10-6-7-13-21(19)29-23(20-11-4-2-5-12-20)26-27-24(29)31-18-22(30)25-14-17-28-15-8-3-9-16-28/h2,4-7,10-13H,3,8-9,14-18H2,1H3,(H,25,30). The van der Waals surface area contributed by atoms with Crippen molar-refractivity contribution in [2.45, 2.75) is 31.3 Å². The molecule has 0 saturated carbocycles. The van der Waals surface area contributed by atoms with E-state index in [9.17, 15) is 4.79 Å². The van der Waals surface area contributed by atoms with Crippen molar-refractivity contribution < 1.29 is 4.79 Å². The van der Waals surface area contributed by atoms with E-state index in [1.165, 1.54) is 31.0 Å². The summed E-state index contributed by atoms with van der Waals surface area (Å²) in [5.74, 6) is 1.13. The second-order valence-corrected chi connectivity index (χ2v) is 8.78. The zero-order valence-electron chi connectivity index (χ0n) is 18.0. The molecule has 1 aromatic heterocycles. The summed E-state index contributed by atoms with van der Waals surface area (Å²) >= 11 is 1.42. The maximum absolute atomic E-state index is 12.4. The van der Waals surface area contributed by atoms with Crippen molar-refractivity contribution in [3.8, 4) is 17.1 Å². The van der Waals surface area contributed by atoms with Crippen LogP contribution in [0.1, 0.15) is 24.8 Å². The fourth-order valence-corrected chi connectivity index (χ4v) is 4.66. The fraction of sp³-hybridized carbons (Fsp3) is 0.375. The Morgan fingerprint density at radius 3 is 2.52 bits per heavy atom. The van der Waals surface area contributed by atoms with Gasteiger partial charge in [0, 0.05) is 18.7 Å². The molecule has 162 valence electrons. The Hall–Kier alpha value is -2.64. The summed E-state index contributed by atoms with van der Waals surface area (Å²) in [5.41, 5.74) is 3.16. The quantitative estimate of drug-likeness (QED) is 0.543. The first-order valence-corrected chi connectivity index (χ1v) is 11.9. The molecule has 0 bridgehead atoms. The second kappa shape index (κ2) is 10.6. The van der Waals surface area contributed by atoms with E-state index in [2.05, 4.69) is 44.0 Å². The number of carbonyl (C=O) groups is 1. The number of nitrogens with zero attached hydrogens (tertiary/aromatic N) is 4. The summed E-state index contributed by atoms with van der Waals surface area (Å²) in [6.45, 7) is 5.98. The maximum Gasteiger partial charge on any atom is 0.230 e. The summed E-state index contributed by atoms with van der Waals surface area (Å²) in [7, 11) is 0. The zero-order valence-corrected chi connectivity index (χ0v) is 18.8. The number of thioether (sulfide) groups is 1. The summed E-state index contributed by atoms with van der Waals surface area (Å²) in [4.78, 5) is 14.9. The average molecular weight is 436 g/mol. The summed E-state index contributed by atoms with van der Waals surface area (Å²) in [5, 5.41) is 12.7. The maximum atomic E-state index is 12.4. The lowest BCUT2D eigenvalue weighted by molar-refractivity contribution is -0.118. The highest BCUT2D eigenvalue weighted by Crippen LogP contribution is 2.29. The molecular weight excluding hydrogens is 406 g/mol. The molecule has 1 aliphatic heterocycles. The molecule has 7 heteroatoms. The molecular formula is C24H29N5OS. The summed E-state index contributed by atoms with van der Waals surface area (Å²) in [6, 6.07) is 18.2. The predicted octanol–water partition coefficient (Wildman–Crippen LogP) is 3.94. The Balaban J connectivity index is 1.45.